The molecule has 1 unspecified atom stereocenters. The Bertz CT molecular complexity index is 547. The van der Waals surface area contributed by atoms with Crippen molar-refractivity contribution >= 4 is 22.7 Å². The van der Waals surface area contributed by atoms with Gasteiger partial charge in [-0.1, -0.05) is 0 Å². The van der Waals surface area contributed by atoms with Crippen LogP contribution in [0.5, 0.6) is 0 Å². The van der Waals surface area contributed by atoms with E-state index in [-0.39, 0.29) is 0 Å². The second kappa shape index (κ2) is 4.49. The quantitative estimate of drug-likeness (QED) is 0.704. The predicted octanol–water partition coefficient (Wildman–Crippen LogP) is 1.65. The minimum atomic E-state index is 0.474. The zero-order valence-corrected chi connectivity index (χ0v) is 10.6. The number of aromatic nitrogens is 2. The van der Waals surface area contributed by atoms with E-state index in [1.807, 2.05) is 18.2 Å². The molecule has 1 aliphatic heterocycles. The maximum Gasteiger partial charge on any atom is 0.201 e. The number of nitrogens with one attached hydrogen (secondary N) is 2. The van der Waals surface area contributed by atoms with Gasteiger partial charge >= 0.3 is 0 Å². The molecule has 1 aliphatic rings. The molecule has 0 spiro atoms. The number of nitrogens with zero attached hydrogens (tertiary/aromatic N) is 2. The lowest BCUT2D eigenvalue weighted by atomic mass is 10.1. The molecule has 4 N–H and O–H groups in total. The summed E-state index contributed by atoms with van der Waals surface area (Å²) in [5, 5.41) is 3.47. The van der Waals surface area contributed by atoms with E-state index >= 15 is 0 Å². The molecular weight excluding hydrogens is 226 g/mol. The maximum absolute atomic E-state index is 5.76. The summed E-state index contributed by atoms with van der Waals surface area (Å²) in [5.41, 5.74) is 8.46. The first kappa shape index (κ1) is 11.3. The van der Waals surface area contributed by atoms with Gasteiger partial charge in [-0.25, -0.2) is 4.98 Å². The first-order valence-corrected chi connectivity index (χ1v) is 6.41. The smallest absolute Gasteiger partial charge is 0.201 e. The van der Waals surface area contributed by atoms with Crippen LogP contribution in [-0.4, -0.2) is 41.0 Å². The van der Waals surface area contributed by atoms with Crippen molar-refractivity contribution in [2.45, 2.75) is 18.9 Å². The molecule has 96 valence electrons. The molecule has 1 fully saturated rings. The van der Waals surface area contributed by atoms with E-state index in [1.165, 1.54) is 19.4 Å². The summed E-state index contributed by atoms with van der Waals surface area (Å²) in [6.07, 6.45) is 2.44. The number of anilines is 2. The second-order valence-corrected chi connectivity index (χ2v) is 5.11. The van der Waals surface area contributed by atoms with Crippen LogP contribution in [0.3, 0.4) is 0 Å². The van der Waals surface area contributed by atoms with Crippen LogP contribution in [0.15, 0.2) is 18.2 Å². The molecule has 5 heteroatoms. The molecule has 1 saturated heterocycles. The van der Waals surface area contributed by atoms with Crippen molar-refractivity contribution in [3.8, 4) is 0 Å². The SMILES string of the molecule is CN1CCCC(Nc2nc3ccc(N)cc3[nH]2)C1. The molecule has 5 nitrogen and oxygen atoms in total. The summed E-state index contributed by atoms with van der Waals surface area (Å²) in [6, 6.07) is 6.21. The van der Waals surface area contributed by atoms with Crippen molar-refractivity contribution in [1.82, 2.24) is 14.9 Å². The fraction of sp³-hybridized carbons (Fsp3) is 0.462. The number of imidazole rings is 1. The third kappa shape index (κ3) is 2.26. The minimum absolute atomic E-state index is 0.474. The zero-order chi connectivity index (χ0) is 12.5. The van der Waals surface area contributed by atoms with Crippen molar-refractivity contribution in [2.75, 3.05) is 31.2 Å². The number of H-pyrrole nitrogens is 1. The molecule has 3 rings (SSSR count). The van der Waals surface area contributed by atoms with Crippen molar-refractivity contribution in [1.29, 1.82) is 0 Å². The van der Waals surface area contributed by atoms with Gasteiger partial charge in [0.05, 0.1) is 11.0 Å². The normalized spacial score (nSPS) is 21.3. The summed E-state index contributed by atoms with van der Waals surface area (Å²) in [4.78, 5) is 10.2. The number of hydrogen-bond donors (Lipinski definition) is 3. The van der Waals surface area contributed by atoms with Gasteiger partial charge in [-0.15, -0.1) is 0 Å². The van der Waals surface area contributed by atoms with E-state index < -0.39 is 0 Å². The van der Waals surface area contributed by atoms with Crippen LogP contribution < -0.4 is 11.1 Å². The third-order valence-electron chi connectivity index (χ3n) is 3.47. The number of benzene rings is 1. The van der Waals surface area contributed by atoms with Crippen LogP contribution in [0.2, 0.25) is 0 Å². The van der Waals surface area contributed by atoms with Gasteiger partial charge < -0.3 is 20.9 Å². The van der Waals surface area contributed by atoms with E-state index in [1.54, 1.807) is 0 Å². The highest BCUT2D eigenvalue weighted by atomic mass is 15.2. The van der Waals surface area contributed by atoms with Crippen molar-refractivity contribution in [2.24, 2.45) is 0 Å². The summed E-state index contributed by atoms with van der Waals surface area (Å²) < 4.78 is 0. The average molecular weight is 245 g/mol. The number of hydrogen-bond acceptors (Lipinski definition) is 4. The molecule has 1 atom stereocenters. The Morgan fingerprint density at radius 1 is 1.50 bits per heavy atom. The van der Waals surface area contributed by atoms with E-state index in [4.69, 9.17) is 5.73 Å². The monoisotopic (exact) mass is 245 g/mol. The van der Waals surface area contributed by atoms with E-state index in [0.717, 1.165) is 29.2 Å². The van der Waals surface area contributed by atoms with Crippen LogP contribution in [0.25, 0.3) is 11.0 Å². The Balaban J connectivity index is 1.78. The number of fused-ring (bicyclic) bond motifs is 1. The van der Waals surface area contributed by atoms with Gasteiger partial charge in [-0.05, 0) is 44.6 Å². The number of nitrogens with two attached hydrogens (primary N) is 1. The van der Waals surface area contributed by atoms with Crippen LogP contribution in [0.1, 0.15) is 12.8 Å². The molecule has 1 aromatic carbocycles. The molecule has 0 bridgehead atoms. The summed E-state index contributed by atoms with van der Waals surface area (Å²) in [7, 11) is 2.16. The number of aromatic amines is 1. The van der Waals surface area contributed by atoms with Crippen molar-refractivity contribution < 1.29 is 0 Å². The van der Waals surface area contributed by atoms with E-state index in [2.05, 4.69) is 27.2 Å². The molecule has 0 aliphatic carbocycles. The molecule has 0 saturated carbocycles. The Morgan fingerprint density at radius 2 is 2.39 bits per heavy atom. The molecule has 2 aromatic rings. The number of nitrogen functional groups attached to an aromatic ring is 1. The number of piperidine rings is 1. The Morgan fingerprint density at radius 3 is 3.22 bits per heavy atom. The molecule has 18 heavy (non-hydrogen) atoms. The molecular formula is C13H19N5. The Hall–Kier alpha value is -1.75. The topological polar surface area (TPSA) is 70.0 Å². The molecule has 1 aromatic heterocycles. The second-order valence-electron chi connectivity index (χ2n) is 5.11. The van der Waals surface area contributed by atoms with Gasteiger partial charge in [-0.3, -0.25) is 0 Å². The van der Waals surface area contributed by atoms with E-state index in [0.29, 0.717) is 6.04 Å². The van der Waals surface area contributed by atoms with Crippen LogP contribution in [0.4, 0.5) is 11.6 Å². The lowest BCUT2D eigenvalue weighted by Crippen LogP contribution is -2.39. The van der Waals surface area contributed by atoms with Crippen molar-refractivity contribution in [3.63, 3.8) is 0 Å². The maximum atomic E-state index is 5.76. The standard InChI is InChI=1S/C13H19N5/c1-18-6-2-3-10(8-18)15-13-16-11-5-4-9(14)7-12(11)17-13/h4-5,7,10H,2-3,6,8,14H2,1H3,(H2,15,16,17). The highest BCUT2D eigenvalue weighted by molar-refractivity contribution is 5.80. The van der Waals surface area contributed by atoms with Gasteiger partial charge in [0, 0.05) is 18.3 Å². The van der Waals surface area contributed by atoms with Crippen LogP contribution >= 0.6 is 0 Å². The highest BCUT2D eigenvalue weighted by Gasteiger charge is 2.17. The largest absolute Gasteiger partial charge is 0.399 e. The molecule has 0 radical (unpaired) electrons. The first-order chi connectivity index (χ1) is 8.70. The molecule has 0 amide bonds. The summed E-state index contributed by atoms with van der Waals surface area (Å²) in [5.74, 6) is 0.843. The highest BCUT2D eigenvalue weighted by Crippen LogP contribution is 2.19. The van der Waals surface area contributed by atoms with Crippen molar-refractivity contribution in [3.05, 3.63) is 18.2 Å². The van der Waals surface area contributed by atoms with Gasteiger partial charge in [0.15, 0.2) is 0 Å². The number of likely N-dealkylation sites (tertiary alicyclic amines) is 1. The first-order valence-electron chi connectivity index (χ1n) is 6.41. The summed E-state index contributed by atoms with van der Waals surface area (Å²) >= 11 is 0. The number of rotatable bonds is 2. The van der Waals surface area contributed by atoms with Crippen LogP contribution in [0, 0.1) is 0 Å². The van der Waals surface area contributed by atoms with E-state index in [9.17, 15) is 0 Å². The van der Waals surface area contributed by atoms with Gasteiger partial charge in [0.25, 0.3) is 0 Å². The minimum Gasteiger partial charge on any atom is -0.399 e. The van der Waals surface area contributed by atoms with Gasteiger partial charge in [0.1, 0.15) is 0 Å². The van der Waals surface area contributed by atoms with Crippen LogP contribution in [-0.2, 0) is 0 Å². The summed E-state index contributed by atoms with van der Waals surface area (Å²) in [6.45, 7) is 2.26. The fourth-order valence-electron chi connectivity index (χ4n) is 2.57. The van der Waals surface area contributed by atoms with Gasteiger partial charge in [-0.2, -0.15) is 0 Å². The third-order valence-corrected chi connectivity index (χ3v) is 3.47. The zero-order valence-electron chi connectivity index (χ0n) is 10.6. The average Bonchev–Trinajstić information content (AvgIpc) is 2.70. The Labute approximate surface area is 106 Å². The fourth-order valence-corrected chi connectivity index (χ4v) is 2.57. The Kier molecular flexibility index (Phi) is 2.83. The lowest BCUT2D eigenvalue weighted by Gasteiger charge is -2.29. The molecule has 2 heterocycles. The van der Waals surface area contributed by atoms with Gasteiger partial charge in [0.2, 0.25) is 5.95 Å². The predicted molar refractivity (Wildman–Crippen MR) is 74.6 cm³/mol. The lowest BCUT2D eigenvalue weighted by molar-refractivity contribution is 0.260. The number of likely N-dealkylation sites (N-methyl/N-ethyl adjacent to an activating group) is 1.